The van der Waals surface area contributed by atoms with Crippen LogP contribution in [-0.4, -0.2) is 18.1 Å². The van der Waals surface area contributed by atoms with Gasteiger partial charge in [0.15, 0.2) is 0 Å². The number of pyridine rings is 1. The Morgan fingerprint density at radius 2 is 2.20 bits per heavy atom. The highest BCUT2D eigenvalue weighted by Gasteiger charge is 2.11. The highest BCUT2D eigenvalue weighted by molar-refractivity contribution is 5.53. The van der Waals surface area contributed by atoms with Gasteiger partial charge in [-0.05, 0) is 26.3 Å². The van der Waals surface area contributed by atoms with Crippen molar-refractivity contribution >= 4 is 5.69 Å². The SMILES string of the molecule is CCC(C)N(C)c1cc(C)ncc1CN. The van der Waals surface area contributed by atoms with Crippen molar-refractivity contribution in [2.75, 3.05) is 11.9 Å². The van der Waals surface area contributed by atoms with Crippen molar-refractivity contribution < 1.29 is 0 Å². The van der Waals surface area contributed by atoms with Crippen LogP contribution >= 0.6 is 0 Å². The molecule has 0 aliphatic carbocycles. The van der Waals surface area contributed by atoms with Crippen molar-refractivity contribution in [2.45, 2.75) is 39.8 Å². The molecule has 0 bridgehead atoms. The van der Waals surface area contributed by atoms with Gasteiger partial charge in [0.1, 0.15) is 0 Å². The average Bonchev–Trinajstić information content (AvgIpc) is 2.27. The molecule has 0 aromatic carbocycles. The van der Waals surface area contributed by atoms with Crippen LogP contribution in [0.4, 0.5) is 5.69 Å². The molecule has 3 nitrogen and oxygen atoms in total. The standard InChI is InChI=1S/C12H21N3/c1-5-10(3)15(4)12-6-9(2)14-8-11(12)7-13/h6,8,10H,5,7,13H2,1-4H3. The van der Waals surface area contributed by atoms with Gasteiger partial charge in [-0.2, -0.15) is 0 Å². The topological polar surface area (TPSA) is 42.2 Å². The summed E-state index contributed by atoms with van der Waals surface area (Å²) in [7, 11) is 2.11. The minimum atomic E-state index is 0.525. The summed E-state index contributed by atoms with van der Waals surface area (Å²) < 4.78 is 0. The maximum atomic E-state index is 5.71. The third-order valence-electron chi connectivity index (χ3n) is 2.95. The van der Waals surface area contributed by atoms with E-state index in [9.17, 15) is 0 Å². The average molecular weight is 207 g/mol. The van der Waals surface area contributed by atoms with Gasteiger partial charge in [0.25, 0.3) is 0 Å². The molecule has 1 aromatic heterocycles. The van der Waals surface area contributed by atoms with E-state index in [-0.39, 0.29) is 0 Å². The maximum absolute atomic E-state index is 5.71. The lowest BCUT2D eigenvalue weighted by atomic mass is 10.1. The Hall–Kier alpha value is -1.09. The molecule has 0 saturated carbocycles. The number of rotatable bonds is 4. The zero-order chi connectivity index (χ0) is 11.4. The summed E-state index contributed by atoms with van der Waals surface area (Å²) >= 11 is 0. The number of nitrogens with zero attached hydrogens (tertiary/aromatic N) is 2. The van der Waals surface area contributed by atoms with Gasteiger partial charge in [-0.25, -0.2) is 0 Å². The molecule has 0 aliphatic heterocycles. The largest absolute Gasteiger partial charge is 0.372 e. The summed E-state index contributed by atoms with van der Waals surface area (Å²) in [5.74, 6) is 0. The van der Waals surface area contributed by atoms with E-state index in [2.05, 4.69) is 36.8 Å². The molecule has 84 valence electrons. The summed E-state index contributed by atoms with van der Waals surface area (Å²) in [6, 6.07) is 2.63. The second-order valence-electron chi connectivity index (χ2n) is 4.03. The molecule has 1 aromatic rings. The van der Waals surface area contributed by atoms with Crippen LogP contribution < -0.4 is 10.6 Å². The van der Waals surface area contributed by atoms with Gasteiger partial charge >= 0.3 is 0 Å². The third kappa shape index (κ3) is 2.69. The van der Waals surface area contributed by atoms with Gasteiger partial charge in [0, 0.05) is 42.8 Å². The fraction of sp³-hybridized carbons (Fsp3) is 0.583. The highest BCUT2D eigenvalue weighted by atomic mass is 15.1. The van der Waals surface area contributed by atoms with Crippen LogP contribution in [0.2, 0.25) is 0 Å². The molecule has 1 rings (SSSR count). The van der Waals surface area contributed by atoms with E-state index in [1.54, 1.807) is 0 Å². The lowest BCUT2D eigenvalue weighted by Crippen LogP contribution is -2.29. The minimum Gasteiger partial charge on any atom is -0.372 e. The van der Waals surface area contributed by atoms with E-state index in [4.69, 9.17) is 5.73 Å². The fourth-order valence-electron chi connectivity index (χ4n) is 1.57. The summed E-state index contributed by atoms with van der Waals surface area (Å²) in [5.41, 5.74) is 9.07. The van der Waals surface area contributed by atoms with Gasteiger partial charge in [-0.3, -0.25) is 4.98 Å². The zero-order valence-corrected chi connectivity index (χ0v) is 10.1. The minimum absolute atomic E-state index is 0.525. The van der Waals surface area contributed by atoms with Gasteiger partial charge < -0.3 is 10.6 Å². The normalized spacial score (nSPS) is 12.6. The first-order chi connectivity index (χ1) is 7.10. The molecule has 1 heterocycles. The number of aromatic nitrogens is 1. The van der Waals surface area contributed by atoms with E-state index in [0.29, 0.717) is 12.6 Å². The number of hydrogen-bond donors (Lipinski definition) is 1. The molecule has 3 heteroatoms. The van der Waals surface area contributed by atoms with E-state index < -0.39 is 0 Å². The van der Waals surface area contributed by atoms with Crippen LogP contribution in [0.1, 0.15) is 31.5 Å². The molecular formula is C12H21N3. The first-order valence-electron chi connectivity index (χ1n) is 5.48. The summed E-state index contributed by atoms with van der Waals surface area (Å²) in [6.07, 6.45) is 3.01. The second-order valence-corrected chi connectivity index (χ2v) is 4.03. The maximum Gasteiger partial charge on any atom is 0.0445 e. The van der Waals surface area contributed by atoms with E-state index in [1.165, 1.54) is 5.69 Å². The van der Waals surface area contributed by atoms with Crippen molar-refractivity contribution in [2.24, 2.45) is 5.73 Å². The van der Waals surface area contributed by atoms with E-state index >= 15 is 0 Å². The number of hydrogen-bond acceptors (Lipinski definition) is 3. The smallest absolute Gasteiger partial charge is 0.0445 e. The fourth-order valence-corrected chi connectivity index (χ4v) is 1.57. The van der Waals surface area contributed by atoms with Crippen molar-refractivity contribution in [3.05, 3.63) is 23.5 Å². The molecule has 0 saturated heterocycles. The molecule has 0 aliphatic rings. The summed E-state index contributed by atoms with van der Waals surface area (Å²) in [5, 5.41) is 0. The second kappa shape index (κ2) is 5.12. The Kier molecular flexibility index (Phi) is 4.09. The van der Waals surface area contributed by atoms with Crippen molar-refractivity contribution in [1.82, 2.24) is 4.98 Å². The predicted octanol–water partition coefficient (Wildman–Crippen LogP) is 2.08. The van der Waals surface area contributed by atoms with Crippen LogP contribution in [0.5, 0.6) is 0 Å². The van der Waals surface area contributed by atoms with Crippen LogP contribution in [0.15, 0.2) is 12.3 Å². The van der Waals surface area contributed by atoms with Crippen LogP contribution in [0.25, 0.3) is 0 Å². The Bertz CT molecular complexity index is 323. The predicted molar refractivity (Wildman–Crippen MR) is 65.0 cm³/mol. The molecule has 2 N–H and O–H groups in total. The molecular weight excluding hydrogens is 186 g/mol. The van der Waals surface area contributed by atoms with E-state index in [0.717, 1.165) is 17.7 Å². The Morgan fingerprint density at radius 3 is 2.73 bits per heavy atom. The Labute approximate surface area is 92.3 Å². The molecule has 0 radical (unpaired) electrons. The van der Waals surface area contributed by atoms with Crippen LogP contribution in [-0.2, 0) is 6.54 Å². The molecule has 15 heavy (non-hydrogen) atoms. The summed E-state index contributed by atoms with van der Waals surface area (Å²) in [6.45, 7) is 6.96. The van der Waals surface area contributed by atoms with E-state index in [1.807, 2.05) is 13.1 Å². The van der Waals surface area contributed by atoms with Gasteiger partial charge in [0.05, 0.1) is 0 Å². The molecule has 0 amide bonds. The third-order valence-corrected chi connectivity index (χ3v) is 2.95. The van der Waals surface area contributed by atoms with Gasteiger partial charge in [0.2, 0.25) is 0 Å². The number of nitrogens with two attached hydrogens (primary N) is 1. The molecule has 1 unspecified atom stereocenters. The Balaban J connectivity index is 3.05. The lowest BCUT2D eigenvalue weighted by molar-refractivity contribution is 0.660. The monoisotopic (exact) mass is 207 g/mol. The van der Waals surface area contributed by atoms with Crippen molar-refractivity contribution in [3.8, 4) is 0 Å². The first-order valence-corrected chi connectivity index (χ1v) is 5.48. The quantitative estimate of drug-likeness (QED) is 0.822. The van der Waals surface area contributed by atoms with Gasteiger partial charge in [-0.15, -0.1) is 0 Å². The summed E-state index contributed by atoms with van der Waals surface area (Å²) in [4.78, 5) is 6.55. The zero-order valence-electron chi connectivity index (χ0n) is 10.1. The van der Waals surface area contributed by atoms with Gasteiger partial charge in [-0.1, -0.05) is 6.92 Å². The van der Waals surface area contributed by atoms with Crippen molar-refractivity contribution in [1.29, 1.82) is 0 Å². The van der Waals surface area contributed by atoms with Crippen molar-refractivity contribution in [3.63, 3.8) is 0 Å². The van der Waals surface area contributed by atoms with Crippen LogP contribution in [0.3, 0.4) is 0 Å². The molecule has 0 spiro atoms. The first kappa shape index (κ1) is 12.0. The van der Waals surface area contributed by atoms with Crippen LogP contribution in [0, 0.1) is 6.92 Å². The molecule has 0 fully saturated rings. The number of aryl methyl sites for hydroxylation is 1. The lowest BCUT2D eigenvalue weighted by Gasteiger charge is -2.28. The molecule has 1 atom stereocenters. The number of anilines is 1. The Morgan fingerprint density at radius 1 is 1.53 bits per heavy atom. The highest BCUT2D eigenvalue weighted by Crippen LogP contribution is 2.22.